The van der Waals surface area contributed by atoms with Gasteiger partial charge < -0.3 is 15.8 Å². The van der Waals surface area contributed by atoms with Crippen molar-refractivity contribution in [1.29, 1.82) is 0 Å². The van der Waals surface area contributed by atoms with Gasteiger partial charge in [0.05, 0.1) is 11.4 Å². The summed E-state index contributed by atoms with van der Waals surface area (Å²) in [6.45, 7) is 7.82. The average molecular weight is 254 g/mol. The maximum Gasteiger partial charge on any atom is 0.273 e. The lowest BCUT2D eigenvalue weighted by Crippen LogP contribution is -2.26. The second kappa shape index (κ2) is 7.00. The van der Waals surface area contributed by atoms with Crippen LogP contribution in [0.1, 0.15) is 49.3 Å². The third-order valence-corrected chi connectivity index (χ3v) is 2.58. The Morgan fingerprint density at radius 2 is 2.28 bits per heavy atom. The Morgan fingerprint density at radius 1 is 1.56 bits per heavy atom. The maximum atomic E-state index is 11.8. The molecule has 1 aromatic heterocycles. The molecule has 0 saturated carbocycles. The molecule has 0 unspecified atom stereocenters. The highest BCUT2D eigenvalue weighted by Gasteiger charge is 2.18. The van der Waals surface area contributed by atoms with Gasteiger partial charge in [-0.25, -0.2) is 0 Å². The van der Waals surface area contributed by atoms with Crippen molar-refractivity contribution in [3.63, 3.8) is 0 Å². The van der Waals surface area contributed by atoms with E-state index in [4.69, 9.17) is 10.5 Å². The van der Waals surface area contributed by atoms with Gasteiger partial charge in [-0.1, -0.05) is 13.8 Å². The zero-order valence-corrected chi connectivity index (χ0v) is 11.2. The van der Waals surface area contributed by atoms with Crippen LogP contribution in [0.5, 0.6) is 0 Å². The van der Waals surface area contributed by atoms with Crippen LogP contribution in [0.25, 0.3) is 0 Å². The van der Waals surface area contributed by atoms with Crippen LogP contribution in [0.3, 0.4) is 0 Å². The van der Waals surface area contributed by atoms with E-state index < -0.39 is 0 Å². The summed E-state index contributed by atoms with van der Waals surface area (Å²) < 4.78 is 5.18. The molecule has 18 heavy (non-hydrogen) atoms. The van der Waals surface area contributed by atoms with Gasteiger partial charge in [-0.2, -0.15) is 5.10 Å². The third kappa shape index (κ3) is 3.73. The number of nitrogen functional groups attached to an aromatic ring is 1. The quantitative estimate of drug-likeness (QED) is 0.639. The van der Waals surface area contributed by atoms with E-state index in [1.54, 1.807) is 0 Å². The van der Waals surface area contributed by atoms with Crippen molar-refractivity contribution in [2.75, 3.05) is 25.5 Å². The molecule has 0 fully saturated rings. The minimum absolute atomic E-state index is 0.219. The topological polar surface area (TPSA) is 93.0 Å². The van der Waals surface area contributed by atoms with Gasteiger partial charge in [-0.3, -0.25) is 9.89 Å². The highest BCUT2D eigenvalue weighted by molar-refractivity contribution is 5.97. The van der Waals surface area contributed by atoms with Gasteiger partial charge in [0.25, 0.3) is 5.91 Å². The Labute approximate surface area is 107 Å². The first-order valence-electron chi connectivity index (χ1n) is 6.27. The highest BCUT2D eigenvalue weighted by atomic mass is 16.5. The van der Waals surface area contributed by atoms with Gasteiger partial charge in [0.15, 0.2) is 5.69 Å². The summed E-state index contributed by atoms with van der Waals surface area (Å²) in [4.78, 5) is 11.8. The number of nitrogens with zero attached hydrogens (tertiary/aromatic N) is 1. The molecule has 0 aliphatic rings. The van der Waals surface area contributed by atoms with E-state index in [1.807, 2.05) is 20.8 Å². The largest absolute Gasteiger partial charge is 0.395 e. The number of aromatic nitrogens is 2. The van der Waals surface area contributed by atoms with Crippen molar-refractivity contribution in [2.45, 2.75) is 33.1 Å². The van der Waals surface area contributed by atoms with Crippen LogP contribution in [0, 0.1) is 0 Å². The Balaban J connectivity index is 2.47. The predicted octanol–water partition coefficient (Wildman–Crippen LogP) is 1.27. The summed E-state index contributed by atoms with van der Waals surface area (Å²) in [5.74, 6) is -0.0239. The molecule has 1 rings (SSSR count). The van der Waals surface area contributed by atoms with Crippen LogP contribution >= 0.6 is 0 Å². The maximum absolute atomic E-state index is 11.8. The number of ether oxygens (including phenoxy) is 1. The molecule has 0 aliphatic carbocycles. The van der Waals surface area contributed by atoms with E-state index in [-0.39, 0.29) is 17.5 Å². The van der Waals surface area contributed by atoms with Crippen LogP contribution in [-0.2, 0) is 4.74 Å². The van der Waals surface area contributed by atoms with Crippen molar-refractivity contribution in [1.82, 2.24) is 15.5 Å². The summed E-state index contributed by atoms with van der Waals surface area (Å²) >= 11 is 0. The van der Waals surface area contributed by atoms with Gasteiger partial charge in [0.1, 0.15) is 0 Å². The molecule has 0 radical (unpaired) electrons. The molecule has 0 saturated heterocycles. The molecule has 1 aromatic rings. The van der Waals surface area contributed by atoms with Crippen molar-refractivity contribution in [3.8, 4) is 0 Å². The fraction of sp³-hybridized carbons (Fsp3) is 0.667. The van der Waals surface area contributed by atoms with Crippen LogP contribution in [0.15, 0.2) is 0 Å². The second-order valence-corrected chi connectivity index (χ2v) is 4.36. The molecular formula is C12H22N4O2. The van der Waals surface area contributed by atoms with Crippen molar-refractivity contribution in [3.05, 3.63) is 11.4 Å². The number of nitrogens with one attached hydrogen (secondary N) is 2. The van der Waals surface area contributed by atoms with E-state index >= 15 is 0 Å². The van der Waals surface area contributed by atoms with Gasteiger partial charge >= 0.3 is 0 Å². The first-order chi connectivity index (χ1) is 8.57. The molecule has 6 heteroatoms. The zero-order chi connectivity index (χ0) is 13.5. The predicted molar refractivity (Wildman–Crippen MR) is 70.5 cm³/mol. The summed E-state index contributed by atoms with van der Waals surface area (Å²) in [5.41, 5.74) is 7.39. The van der Waals surface area contributed by atoms with Crippen LogP contribution in [-0.4, -0.2) is 35.9 Å². The van der Waals surface area contributed by atoms with E-state index in [0.717, 1.165) is 12.1 Å². The Morgan fingerprint density at radius 3 is 2.83 bits per heavy atom. The van der Waals surface area contributed by atoms with E-state index in [2.05, 4.69) is 15.5 Å². The summed E-state index contributed by atoms with van der Waals surface area (Å²) in [6, 6.07) is 0. The van der Waals surface area contributed by atoms with Gasteiger partial charge in [0, 0.05) is 19.8 Å². The average Bonchev–Trinajstić information content (AvgIpc) is 2.70. The third-order valence-electron chi connectivity index (χ3n) is 2.58. The minimum atomic E-state index is -0.243. The normalized spacial score (nSPS) is 10.9. The van der Waals surface area contributed by atoms with E-state index in [1.165, 1.54) is 0 Å². The Kier molecular flexibility index (Phi) is 5.64. The molecule has 0 aliphatic heterocycles. The lowest BCUT2D eigenvalue weighted by molar-refractivity contribution is 0.0940. The molecule has 0 aromatic carbocycles. The number of carbonyl (C=O) groups is 1. The van der Waals surface area contributed by atoms with Crippen LogP contribution in [0.2, 0.25) is 0 Å². The zero-order valence-electron chi connectivity index (χ0n) is 11.2. The summed E-state index contributed by atoms with van der Waals surface area (Å²) in [6.07, 6.45) is 0.779. The lowest BCUT2D eigenvalue weighted by atomic mass is 10.1. The van der Waals surface area contributed by atoms with Crippen molar-refractivity contribution in [2.24, 2.45) is 0 Å². The number of hydrogen-bond donors (Lipinski definition) is 3. The SMILES string of the molecule is CCOCCCNC(=O)c1n[nH]c(C(C)C)c1N. The second-order valence-electron chi connectivity index (χ2n) is 4.36. The fourth-order valence-electron chi connectivity index (χ4n) is 1.58. The van der Waals surface area contributed by atoms with E-state index in [0.29, 0.717) is 25.4 Å². The molecule has 0 spiro atoms. The number of aromatic amines is 1. The molecule has 6 nitrogen and oxygen atoms in total. The Hall–Kier alpha value is -1.56. The van der Waals surface area contributed by atoms with Crippen LogP contribution in [0.4, 0.5) is 5.69 Å². The molecule has 4 N–H and O–H groups in total. The number of hydrogen-bond acceptors (Lipinski definition) is 4. The van der Waals surface area contributed by atoms with Gasteiger partial charge in [-0.15, -0.1) is 0 Å². The number of rotatable bonds is 7. The Bertz CT molecular complexity index is 387. The number of H-pyrrole nitrogens is 1. The fourth-order valence-corrected chi connectivity index (χ4v) is 1.58. The smallest absolute Gasteiger partial charge is 0.273 e. The summed E-state index contributed by atoms with van der Waals surface area (Å²) in [5, 5.41) is 9.53. The molecule has 1 heterocycles. The molecule has 102 valence electrons. The standard InChI is InChI=1S/C12H22N4O2/c1-4-18-7-5-6-14-12(17)11-9(13)10(8(2)3)15-16-11/h8H,4-7,13H2,1-3H3,(H,14,17)(H,15,16). The van der Waals surface area contributed by atoms with E-state index in [9.17, 15) is 4.79 Å². The van der Waals surface area contributed by atoms with Gasteiger partial charge in [-0.05, 0) is 19.3 Å². The lowest BCUT2D eigenvalue weighted by Gasteiger charge is -2.05. The molecule has 1 amide bonds. The number of amides is 1. The number of anilines is 1. The first-order valence-corrected chi connectivity index (χ1v) is 6.27. The van der Waals surface area contributed by atoms with Crippen LogP contribution < -0.4 is 11.1 Å². The van der Waals surface area contributed by atoms with Gasteiger partial charge in [0.2, 0.25) is 0 Å². The number of nitrogens with two attached hydrogens (primary N) is 1. The molecular weight excluding hydrogens is 232 g/mol. The van der Waals surface area contributed by atoms with Crippen molar-refractivity contribution < 1.29 is 9.53 Å². The minimum Gasteiger partial charge on any atom is -0.395 e. The number of carbonyl (C=O) groups excluding carboxylic acids is 1. The van der Waals surface area contributed by atoms with Crippen molar-refractivity contribution >= 4 is 11.6 Å². The monoisotopic (exact) mass is 254 g/mol. The first kappa shape index (κ1) is 14.5. The summed E-state index contributed by atoms with van der Waals surface area (Å²) in [7, 11) is 0. The molecule has 0 atom stereocenters. The highest BCUT2D eigenvalue weighted by Crippen LogP contribution is 2.21. The molecule has 0 bridgehead atoms.